The summed E-state index contributed by atoms with van der Waals surface area (Å²) in [4.78, 5) is 11.7. The van der Waals surface area contributed by atoms with Crippen molar-refractivity contribution in [2.24, 2.45) is 0 Å². The van der Waals surface area contributed by atoms with Gasteiger partial charge in [-0.2, -0.15) is 0 Å². The third-order valence-electron chi connectivity index (χ3n) is 3.13. The van der Waals surface area contributed by atoms with Crippen molar-refractivity contribution in [2.45, 2.75) is 17.9 Å². The van der Waals surface area contributed by atoms with Crippen molar-refractivity contribution in [3.8, 4) is 0 Å². The lowest BCUT2D eigenvalue weighted by atomic mass is 10.3. The number of anilines is 1. The first-order chi connectivity index (χ1) is 10.7. The topological polar surface area (TPSA) is 54.5 Å². The van der Waals surface area contributed by atoms with Crippen molar-refractivity contribution in [2.75, 3.05) is 4.31 Å². The predicted octanol–water partition coefficient (Wildman–Crippen LogP) is 4.40. The van der Waals surface area contributed by atoms with Crippen LogP contribution in [0.3, 0.4) is 0 Å². The first-order valence-corrected chi connectivity index (χ1v) is 10.2. The number of benzene rings is 2. The summed E-state index contributed by atoms with van der Waals surface area (Å²) in [7, 11) is -3.92. The number of hydrogen-bond donors (Lipinski definition) is 0. The second-order valence-corrected chi connectivity index (χ2v) is 9.06. The molecule has 23 heavy (non-hydrogen) atoms. The number of halogens is 3. The van der Waals surface area contributed by atoms with Crippen LogP contribution in [0.1, 0.15) is 6.92 Å². The molecule has 4 nitrogen and oxygen atoms in total. The van der Waals surface area contributed by atoms with E-state index in [-0.39, 0.29) is 4.90 Å². The van der Waals surface area contributed by atoms with Crippen LogP contribution >= 0.6 is 50.1 Å². The minimum atomic E-state index is -3.92. The molecule has 0 bridgehead atoms. The average Bonchev–Trinajstić information content (AvgIpc) is 2.49. The molecule has 0 saturated carbocycles. The number of sulfonamides is 1. The fraction of sp³-hybridized carbons (Fsp3) is 0.133. The Labute approximate surface area is 162 Å². The Bertz CT molecular complexity index is 810. The molecule has 2 rings (SSSR count). The molecule has 122 valence electrons. The molecule has 0 fully saturated rings. The third kappa shape index (κ3) is 4.26. The maximum Gasteiger partial charge on any atom is 0.265 e. The van der Waals surface area contributed by atoms with Crippen molar-refractivity contribution in [3.63, 3.8) is 0 Å². The normalized spacial score (nSPS) is 12.7. The van der Waals surface area contributed by atoms with E-state index in [4.69, 9.17) is 11.6 Å². The summed E-state index contributed by atoms with van der Waals surface area (Å²) >= 11 is 11.0. The van der Waals surface area contributed by atoms with E-state index < -0.39 is 21.3 Å². The van der Waals surface area contributed by atoms with Crippen LogP contribution in [0.15, 0.2) is 57.9 Å². The molecule has 0 aliphatic carbocycles. The van der Waals surface area contributed by atoms with Crippen LogP contribution < -0.4 is 4.31 Å². The highest BCUT2D eigenvalue weighted by molar-refractivity contribution is 14.1. The van der Waals surface area contributed by atoms with Gasteiger partial charge in [-0.25, -0.2) is 8.42 Å². The number of nitrogens with zero attached hydrogens (tertiary/aromatic N) is 1. The monoisotopic (exact) mass is 527 g/mol. The molecule has 1 atom stereocenters. The van der Waals surface area contributed by atoms with Crippen molar-refractivity contribution >= 4 is 71.1 Å². The summed E-state index contributed by atoms with van der Waals surface area (Å²) in [6.07, 6.45) is 0. The van der Waals surface area contributed by atoms with Crippen LogP contribution in [0, 0.1) is 3.57 Å². The van der Waals surface area contributed by atoms with E-state index in [0.717, 1.165) is 12.3 Å². The molecule has 0 amide bonds. The van der Waals surface area contributed by atoms with Gasteiger partial charge < -0.3 is 0 Å². The molecular formula is C15H12BrClINO3S. The zero-order valence-electron chi connectivity index (χ0n) is 11.9. The van der Waals surface area contributed by atoms with E-state index in [9.17, 15) is 13.2 Å². The Morgan fingerprint density at radius 2 is 1.65 bits per heavy atom. The van der Waals surface area contributed by atoms with Crippen molar-refractivity contribution in [1.29, 1.82) is 0 Å². The van der Waals surface area contributed by atoms with Crippen LogP contribution in [-0.2, 0) is 14.8 Å². The van der Waals surface area contributed by atoms with Crippen LogP contribution in [0.2, 0.25) is 0 Å². The average molecular weight is 529 g/mol. The van der Waals surface area contributed by atoms with Gasteiger partial charge in [0.1, 0.15) is 6.04 Å². The molecular weight excluding hydrogens is 516 g/mol. The molecule has 0 radical (unpaired) electrons. The molecule has 0 aliphatic rings. The highest BCUT2D eigenvalue weighted by atomic mass is 127. The van der Waals surface area contributed by atoms with Crippen LogP contribution in [-0.4, -0.2) is 19.7 Å². The van der Waals surface area contributed by atoms with E-state index >= 15 is 0 Å². The molecule has 0 spiro atoms. The molecule has 0 aliphatic heterocycles. The van der Waals surface area contributed by atoms with Gasteiger partial charge in [0.05, 0.1) is 10.6 Å². The Morgan fingerprint density at radius 1 is 1.13 bits per heavy atom. The number of hydrogen-bond acceptors (Lipinski definition) is 3. The minimum absolute atomic E-state index is 0.0871. The SMILES string of the molecule is CC(C(=O)Cl)N(c1ccc(I)cc1)S(=O)(=O)c1ccc(Br)cc1. The van der Waals surface area contributed by atoms with Crippen molar-refractivity contribution in [3.05, 3.63) is 56.6 Å². The second-order valence-electron chi connectivity index (χ2n) is 4.71. The Balaban J connectivity index is 2.58. The first-order valence-electron chi connectivity index (χ1n) is 6.48. The minimum Gasteiger partial charge on any atom is -0.279 e. The summed E-state index contributed by atoms with van der Waals surface area (Å²) < 4.78 is 28.7. The Kier molecular flexibility index (Phi) is 6.10. The summed E-state index contributed by atoms with van der Waals surface area (Å²) in [5.74, 6) is 0. The maximum absolute atomic E-state index is 13.0. The molecule has 0 N–H and O–H groups in total. The highest BCUT2D eigenvalue weighted by Crippen LogP contribution is 2.28. The fourth-order valence-corrected chi connectivity index (χ4v) is 4.37. The van der Waals surface area contributed by atoms with Gasteiger partial charge in [0.25, 0.3) is 10.0 Å². The predicted molar refractivity (Wildman–Crippen MR) is 103 cm³/mol. The fourth-order valence-electron chi connectivity index (χ4n) is 1.97. The second kappa shape index (κ2) is 7.50. The molecule has 2 aromatic rings. The van der Waals surface area contributed by atoms with E-state index in [1.54, 1.807) is 36.4 Å². The molecule has 8 heteroatoms. The van der Waals surface area contributed by atoms with Crippen LogP contribution in [0.25, 0.3) is 0 Å². The van der Waals surface area contributed by atoms with E-state index in [1.807, 2.05) is 0 Å². The maximum atomic E-state index is 13.0. The third-order valence-corrected chi connectivity index (χ3v) is 6.61. The van der Waals surface area contributed by atoms with Gasteiger partial charge >= 0.3 is 0 Å². The lowest BCUT2D eigenvalue weighted by molar-refractivity contribution is -0.112. The quantitative estimate of drug-likeness (QED) is 0.427. The van der Waals surface area contributed by atoms with Gasteiger partial charge in [0, 0.05) is 8.04 Å². The molecule has 0 aromatic heterocycles. The molecule has 2 aromatic carbocycles. The zero-order valence-corrected chi connectivity index (χ0v) is 17.2. The smallest absolute Gasteiger partial charge is 0.265 e. The van der Waals surface area contributed by atoms with Crippen LogP contribution in [0.5, 0.6) is 0 Å². The number of rotatable bonds is 5. The summed E-state index contributed by atoms with van der Waals surface area (Å²) in [5, 5.41) is -0.746. The van der Waals surface area contributed by atoms with Crippen LogP contribution in [0.4, 0.5) is 5.69 Å². The largest absolute Gasteiger partial charge is 0.279 e. The standard InChI is InChI=1S/C15H12BrClINO3S/c1-10(15(17)20)19(13-6-4-12(18)5-7-13)23(21,22)14-8-2-11(16)3-9-14/h2-10H,1H3. The molecule has 1 unspecified atom stereocenters. The Hall–Kier alpha value is -0.640. The lowest BCUT2D eigenvalue weighted by Crippen LogP contribution is -2.42. The van der Waals surface area contributed by atoms with Gasteiger partial charge in [-0.05, 0) is 89.6 Å². The van der Waals surface area contributed by atoms with Gasteiger partial charge in [0.2, 0.25) is 5.24 Å². The molecule has 0 saturated heterocycles. The van der Waals surface area contributed by atoms with Gasteiger partial charge in [-0.1, -0.05) is 15.9 Å². The van der Waals surface area contributed by atoms with Gasteiger partial charge in [-0.3, -0.25) is 9.10 Å². The molecule has 0 heterocycles. The summed E-state index contributed by atoms with van der Waals surface area (Å²) in [6, 6.07) is 12.0. The van der Waals surface area contributed by atoms with E-state index in [1.165, 1.54) is 19.1 Å². The lowest BCUT2D eigenvalue weighted by Gasteiger charge is -2.28. The van der Waals surface area contributed by atoms with Crippen molar-refractivity contribution in [1.82, 2.24) is 0 Å². The zero-order chi connectivity index (χ0) is 17.2. The van der Waals surface area contributed by atoms with Gasteiger partial charge in [-0.15, -0.1) is 0 Å². The van der Waals surface area contributed by atoms with Gasteiger partial charge in [0.15, 0.2) is 0 Å². The van der Waals surface area contributed by atoms with Crippen molar-refractivity contribution < 1.29 is 13.2 Å². The summed E-state index contributed by atoms with van der Waals surface area (Å²) in [5.41, 5.74) is 0.384. The first kappa shape index (κ1) is 18.7. The summed E-state index contributed by atoms with van der Waals surface area (Å²) in [6.45, 7) is 1.46. The Morgan fingerprint density at radius 3 is 2.13 bits per heavy atom. The van der Waals surface area contributed by atoms with E-state index in [0.29, 0.717) is 5.69 Å². The number of carbonyl (C=O) groups excluding carboxylic acids is 1. The number of carbonyl (C=O) groups is 1. The highest BCUT2D eigenvalue weighted by Gasteiger charge is 2.32. The van der Waals surface area contributed by atoms with E-state index in [2.05, 4.69) is 38.5 Å².